The van der Waals surface area contributed by atoms with Gasteiger partial charge in [-0.3, -0.25) is 9.88 Å². The number of nitrogens with one attached hydrogen (secondary N) is 1. The molecule has 18 heavy (non-hydrogen) atoms. The SMILES string of the molecule is CCN(CCNc1cc(C)ncc1OC)C1CC1. The summed E-state index contributed by atoms with van der Waals surface area (Å²) in [4.78, 5) is 6.77. The number of aromatic nitrogens is 1. The van der Waals surface area contributed by atoms with Crippen LogP contribution in [0, 0.1) is 6.92 Å². The second-order valence-corrected chi connectivity index (χ2v) is 4.81. The molecule has 0 radical (unpaired) electrons. The zero-order valence-corrected chi connectivity index (χ0v) is 11.6. The normalized spacial score (nSPS) is 14.9. The smallest absolute Gasteiger partial charge is 0.160 e. The predicted molar refractivity (Wildman–Crippen MR) is 74.3 cm³/mol. The van der Waals surface area contributed by atoms with Crippen LogP contribution in [-0.2, 0) is 0 Å². The van der Waals surface area contributed by atoms with Crippen molar-refractivity contribution in [2.75, 3.05) is 32.1 Å². The summed E-state index contributed by atoms with van der Waals surface area (Å²) in [5.74, 6) is 0.815. The summed E-state index contributed by atoms with van der Waals surface area (Å²) in [6.07, 6.45) is 4.51. The Morgan fingerprint density at radius 1 is 1.50 bits per heavy atom. The number of pyridine rings is 1. The van der Waals surface area contributed by atoms with E-state index in [4.69, 9.17) is 4.74 Å². The zero-order valence-electron chi connectivity index (χ0n) is 11.6. The summed E-state index contributed by atoms with van der Waals surface area (Å²) in [7, 11) is 1.68. The molecule has 1 fully saturated rings. The Balaban J connectivity index is 1.86. The molecule has 4 heteroatoms. The molecule has 1 aliphatic carbocycles. The number of aryl methyl sites for hydroxylation is 1. The molecule has 1 aliphatic rings. The largest absolute Gasteiger partial charge is 0.493 e. The molecule has 0 saturated heterocycles. The molecule has 1 aromatic heterocycles. The number of anilines is 1. The van der Waals surface area contributed by atoms with Crippen molar-refractivity contribution in [2.24, 2.45) is 0 Å². The van der Waals surface area contributed by atoms with E-state index in [1.165, 1.54) is 12.8 Å². The number of hydrogen-bond acceptors (Lipinski definition) is 4. The number of rotatable bonds is 7. The highest BCUT2D eigenvalue weighted by molar-refractivity contribution is 5.55. The van der Waals surface area contributed by atoms with E-state index in [2.05, 4.69) is 22.1 Å². The molecule has 1 saturated carbocycles. The molecule has 2 rings (SSSR count). The van der Waals surface area contributed by atoms with Crippen LogP contribution in [0.2, 0.25) is 0 Å². The first kappa shape index (κ1) is 13.1. The van der Waals surface area contributed by atoms with Crippen molar-refractivity contribution >= 4 is 5.69 Å². The number of nitrogens with zero attached hydrogens (tertiary/aromatic N) is 2. The van der Waals surface area contributed by atoms with Gasteiger partial charge in [-0.1, -0.05) is 6.92 Å². The average molecular weight is 249 g/mol. The zero-order chi connectivity index (χ0) is 13.0. The molecule has 4 nitrogen and oxygen atoms in total. The fourth-order valence-corrected chi connectivity index (χ4v) is 2.22. The number of methoxy groups -OCH3 is 1. The van der Waals surface area contributed by atoms with Gasteiger partial charge in [-0.15, -0.1) is 0 Å². The molecule has 1 N–H and O–H groups in total. The lowest BCUT2D eigenvalue weighted by Crippen LogP contribution is -2.30. The molecule has 1 aromatic rings. The molecule has 0 atom stereocenters. The average Bonchev–Trinajstić information content (AvgIpc) is 3.19. The van der Waals surface area contributed by atoms with Crippen LogP contribution < -0.4 is 10.1 Å². The van der Waals surface area contributed by atoms with Crippen molar-refractivity contribution < 1.29 is 4.74 Å². The highest BCUT2D eigenvalue weighted by Gasteiger charge is 2.27. The number of hydrogen-bond donors (Lipinski definition) is 1. The summed E-state index contributed by atoms with van der Waals surface area (Å²) in [6.45, 7) is 7.40. The van der Waals surface area contributed by atoms with Gasteiger partial charge >= 0.3 is 0 Å². The Morgan fingerprint density at radius 2 is 2.28 bits per heavy atom. The Hall–Kier alpha value is -1.29. The maximum Gasteiger partial charge on any atom is 0.160 e. The summed E-state index contributed by atoms with van der Waals surface area (Å²) in [6, 6.07) is 2.87. The Morgan fingerprint density at radius 3 is 2.89 bits per heavy atom. The molecule has 100 valence electrons. The first-order chi connectivity index (χ1) is 8.74. The fraction of sp³-hybridized carbons (Fsp3) is 0.643. The topological polar surface area (TPSA) is 37.4 Å². The van der Waals surface area contributed by atoms with Crippen LogP contribution in [0.25, 0.3) is 0 Å². The molecule has 0 spiro atoms. The lowest BCUT2D eigenvalue weighted by atomic mass is 10.3. The van der Waals surface area contributed by atoms with Gasteiger partial charge in [-0.2, -0.15) is 0 Å². The number of ether oxygens (including phenoxy) is 1. The van der Waals surface area contributed by atoms with E-state index < -0.39 is 0 Å². The van der Waals surface area contributed by atoms with Crippen LogP contribution in [0.4, 0.5) is 5.69 Å². The molecule has 0 amide bonds. The van der Waals surface area contributed by atoms with Crippen LogP contribution in [0.1, 0.15) is 25.5 Å². The maximum absolute atomic E-state index is 5.31. The first-order valence-electron chi connectivity index (χ1n) is 6.73. The van der Waals surface area contributed by atoms with Gasteiger partial charge in [0.15, 0.2) is 5.75 Å². The van der Waals surface area contributed by atoms with E-state index in [9.17, 15) is 0 Å². The van der Waals surface area contributed by atoms with Gasteiger partial charge in [0.2, 0.25) is 0 Å². The van der Waals surface area contributed by atoms with Crippen molar-refractivity contribution in [1.29, 1.82) is 0 Å². The van der Waals surface area contributed by atoms with Crippen LogP contribution >= 0.6 is 0 Å². The Kier molecular flexibility index (Phi) is 4.42. The van der Waals surface area contributed by atoms with Crippen LogP contribution in [0.5, 0.6) is 5.75 Å². The summed E-state index contributed by atoms with van der Waals surface area (Å²) in [5, 5.41) is 3.45. The summed E-state index contributed by atoms with van der Waals surface area (Å²) < 4.78 is 5.31. The minimum atomic E-state index is 0.815. The summed E-state index contributed by atoms with van der Waals surface area (Å²) in [5.41, 5.74) is 2.05. The van der Waals surface area contributed by atoms with E-state index in [0.29, 0.717) is 0 Å². The van der Waals surface area contributed by atoms with Gasteiger partial charge in [0, 0.05) is 24.8 Å². The highest BCUT2D eigenvalue weighted by atomic mass is 16.5. The van der Waals surface area contributed by atoms with Gasteiger partial charge in [0.25, 0.3) is 0 Å². The standard InChI is InChI=1S/C14H23N3O/c1-4-17(12-5-6-12)8-7-15-13-9-11(2)16-10-14(13)18-3/h9-10,12H,4-8H2,1-3H3,(H,15,16). The van der Waals surface area contributed by atoms with Crippen LogP contribution in [0.15, 0.2) is 12.3 Å². The van der Waals surface area contributed by atoms with Crippen molar-refractivity contribution in [3.8, 4) is 5.75 Å². The molecule has 0 bridgehead atoms. The second kappa shape index (κ2) is 6.05. The molecule has 0 unspecified atom stereocenters. The maximum atomic E-state index is 5.31. The lowest BCUT2D eigenvalue weighted by molar-refractivity contribution is 0.289. The van der Waals surface area contributed by atoms with Gasteiger partial charge < -0.3 is 10.1 Å². The molecule has 1 heterocycles. The van der Waals surface area contributed by atoms with E-state index in [-0.39, 0.29) is 0 Å². The Labute approximate surface area is 109 Å². The van der Waals surface area contributed by atoms with Crippen molar-refractivity contribution in [3.63, 3.8) is 0 Å². The van der Waals surface area contributed by atoms with Crippen molar-refractivity contribution in [2.45, 2.75) is 32.7 Å². The van der Waals surface area contributed by atoms with E-state index in [1.54, 1.807) is 13.3 Å². The van der Waals surface area contributed by atoms with E-state index in [0.717, 1.165) is 42.8 Å². The third-order valence-corrected chi connectivity index (χ3v) is 3.41. The quantitative estimate of drug-likeness (QED) is 0.804. The second-order valence-electron chi connectivity index (χ2n) is 4.81. The predicted octanol–water partition coefficient (Wildman–Crippen LogP) is 2.29. The molecular formula is C14H23N3O. The third-order valence-electron chi connectivity index (χ3n) is 3.41. The van der Waals surface area contributed by atoms with Gasteiger partial charge in [-0.25, -0.2) is 0 Å². The summed E-state index contributed by atoms with van der Waals surface area (Å²) >= 11 is 0. The van der Waals surface area contributed by atoms with Crippen LogP contribution in [0.3, 0.4) is 0 Å². The minimum absolute atomic E-state index is 0.815. The highest BCUT2D eigenvalue weighted by Crippen LogP contribution is 2.26. The minimum Gasteiger partial charge on any atom is -0.493 e. The number of likely N-dealkylation sites (N-methyl/N-ethyl adjacent to an activating group) is 1. The molecule has 0 aliphatic heterocycles. The van der Waals surface area contributed by atoms with Gasteiger partial charge in [-0.05, 0) is 32.4 Å². The molecular weight excluding hydrogens is 226 g/mol. The van der Waals surface area contributed by atoms with E-state index >= 15 is 0 Å². The lowest BCUT2D eigenvalue weighted by Gasteiger charge is -2.20. The van der Waals surface area contributed by atoms with E-state index in [1.807, 2.05) is 13.0 Å². The van der Waals surface area contributed by atoms with Gasteiger partial charge in [0.05, 0.1) is 19.0 Å². The van der Waals surface area contributed by atoms with Gasteiger partial charge in [0.1, 0.15) is 0 Å². The van der Waals surface area contributed by atoms with Crippen molar-refractivity contribution in [3.05, 3.63) is 18.0 Å². The first-order valence-corrected chi connectivity index (χ1v) is 6.73. The monoisotopic (exact) mass is 249 g/mol. The third kappa shape index (κ3) is 3.35. The molecule has 0 aromatic carbocycles. The van der Waals surface area contributed by atoms with Crippen molar-refractivity contribution in [1.82, 2.24) is 9.88 Å². The van der Waals surface area contributed by atoms with Crippen LogP contribution in [-0.4, -0.2) is 42.7 Å². The fourth-order valence-electron chi connectivity index (χ4n) is 2.22. The Bertz CT molecular complexity index is 391.